The highest BCUT2D eigenvalue weighted by molar-refractivity contribution is 5.19. The van der Waals surface area contributed by atoms with E-state index in [4.69, 9.17) is 11.5 Å². The number of benzene rings is 1. The third kappa shape index (κ3) is 3.13. The first-order valence-corrected chi connectivity index (χ1v) is 5.17. The molecule has 2 unspecified atom stereocenters. The van der Waals surface area contributed by atoms with Crippen molar-refractivity contribution in [3.63, 3.8) is 0 Å². The van der Waals surface area contributed by atoms with Gasteiger partial charge in [0.1, 0.15) is 0 Å². The third-order valence-electron chi connectivity index (χ3n) is 2.39. The molecule has 0 bridgehead atoms. The van der Waals surface area contributed by atoms with E-state index in [9.17, 15) is 0 Å². The van der Waals surface area contributed by atoms with Crippen molar-refractivity contribution in [2.75, 3.05) is 0 Å². The summed E-state index contributed by atoms with van der Waals surface area (Å²) < 4.78 is 0. The first kappa shape index (κ1) is 11.2. The van der Waals surface area contributed by atoms with E-state index in [0.717, 1.165) is 12.0 Å². The normalized spacial score (nSPS) is 15.5. The van der Waals surface area contributed by atoms with Crippen molar-refractivity contribution in [3.8, 4) is 0 Å². The summed E-state index contributed by atoms with van der Waals surface area (Å²) in [7, 11) is 0. The van der Waals surface area contributed by atoms with E-state index in [1.807, 2.05) is 30.3 Å². The highest BCUT2D eigenvalue weighted by atomic mass is 14.8. The first-order chi connectivity index (χ1) is 6.61. The molecule has 0 spiro atoms. The van der Waals surface area contributed by atoms with Crippen LogP contribution in [0.5, 0.6) is 0 Å². The van der Waals surface area contributed by atoms with E-state index >= 15 is 0 Å². The monoisotopic (exact) mass is 192 g/mol. The molecule has 0 fully saturated rings. The van der Waals surface area contributed by atoms with Gasteiger partial charge in [0.15, 0.2) is 0 Å². The summed E-state index contributed by atoms with van der Waals surface area (Å²) in [5.74, 6) is 0.597. The van der Waals surface area contributed by atoms with Crippen molar-refractivity contribution >= 4 is 0 Å². The van der Waals surface area contributed by atoms with Gasteiger partial charge in [-0.1, -0.05) is 44.2 Å². The lowest BCUT2D eigenvalue weighted by Gasteiger charge is -2.21. The predicted octanol–water partition coefficient (Wildman–Crippen LogP) is 2.06. The van der Waals surface area contributed by atoms with Crippen LogP contribution >= 0.6 is 0 Å². The van der Waals surface area contributed by atoms with E-state index in [1.165, 1.54) is 0 Å². The Labute approximate surface area is 86.3 Å². The average Bonchev–Trinajstić information content (AvgIpc) is 2.17. The maximum absolute atomic E-state index is 6.06. The van der Waals surface area contributed by atoms with Crippen LogP contribution in [0.4, 0.5) is 0 Å². The Morgan fingerprint density at radius 1 is 1.07 bits per heavy atom. The van der Waals surface area contributed by atoms with Gasteiger partial charge < -0.3 is 11.5 Å². The number of rotatable bonds is 4. The maximum Gasteiger partial charge on any atom is 0.0448 e. The van der Waals surface area contributed by atoms with Gasteiger partial charge in [0.05, 0.1) is 0 Å². The third-order valence-corrected chi connectivity index (χ3v) is 2.39. The zero-order valence-corrected chi connectivity index (χ0v) is 8.98. The first-order valence-electron chi connectivity index (χ1n) is 5.17. The van der Waals surface area contributed by atoms with Gasteiger partial charge in [-0.25, -0.2) is 0 Å². The molecule has 0 heterocycles. The van der Waals surface area contributed by atoms with Crippen LogP contribution in [0.1, 0.15) is 31.9 Å². The molecule has 0 amide bonds. The summed E-state index contributed by atoms with van der Waals surface area (Å²) >= 11 is 0. The van der Waals surface area contributed by atoms with Crippen molar-refractivity contribution in [2.24, 2.45) is 17.4 Å². The molecule has 0 radical (unpaired) electrons. The van der Waals surface area contributed by atoms with Gasteiger partial charge in [-0.15, -0.1) is 0 Å². The Balaban J connectivity index is 2.61. The van der Waals surface area contributed by atoms with Gasteiger partial charge in [0.25, 0.3) is 0 Å². The second kappa shape index (κ2) is 5.13. The maximum atomic E-state index is 6.06. The van der Waals surface area contributed by atoms with Crippen molar-refractivity contribution < 1.29 is 0 Å². The van der Waals surface area contributed by atoms with E-state index in [2.05, 4.69) is 13.8 Å². The topological polar surface area (TPSA) is 52.0 Å². The lowest BCUT2D eigenvalue weighted by molar-refractivity contribution is 0.439. The lowest BCUT2D eigenvalue weighted by atomic mass is 9.94. The number of hydrogen-bond donors (Lipinski definition) is 2. The van der Waals surface area contributed by atoms with Crippen molar-refractivity contribution in [2.45, 2.75) is 32.4 Å². The predicted molar refractivity (Wildman–Crippen MR) is 60.8 cm³/mol. The fourth-order valence-corrected chi connectivity index (χ4v) is 1.61. The number of hydrogen-bond acceptors (Lipinski definition) is 2. The van der Waals surface area contributed by atoms with Crippen molar-refractivity contribution in [3.05, 3.63) is 35.9 Å². The number of nitrogens with two attached hydrogens (primary N) is 2. The van der Waals surface area contributed by atoms with Crippen LogP contribution in [0, 0.1) is 5.92 Å². The molecule has 2 atom stereocenters. The highest BCUT2D eigenvalue weighted by Crippen LogP contribution is 2.17. The van der Waals surface area contributed by atoms with E-state index in [1.54, 1.807) is 0 Å². The quantitative estimate of drug-likeness (QED) is 0.767. The van der Waals surface area contributed by atoms with Crippen molar-refractivity contribution in [1.82, 2.24) is 0 Å². The Morgan fingerprint density at radius 3 is 2.14 bits per heavy atom. The Hall–Kier alpha value is -0.860. The summed E-state index contributed by atoms with van der Waals surface area (Å²) in [6.07, 6.45) is 0.968. The molecular weight excluding hydrogens is 172 g/mol. The van der Waals surface area contributed by atoms with Crippen LogP contribution in [0.2, 0.25) is 0 Å². The molecule has 0 aliphatic heterocycles. The summed E-state index contributed by atoms with van der Waals surface area (Å²) in [6.45, 7) is 4.33. The zero-order valence-electron chi connectivity index (χ0n) is 8.98. The molecule has 0 aliphatic rings. The second-order valence-electron chi connectivity index (χ2n) is 4.23. The largest absolute Gasteiger partial charge is 0.326 e. The van der Waals surface area contributed by atoms with Gasteiger partial charge >= 0.3 is 0 Å². The standard InChI is InChI=1S/C12H20N2/c1-9(2)8-11(13)12(14)10-6-4-3-5-7-10/h3-7,9,11-12H,8,13-14H2,1-2H3. The fourth-order valence-electron chi connectivity index (χ4n) is 1.61. The molecule has 0 saturated carbocycles. The molecule has 2 nitrogen and oxygen atoms in total. The molecular formula is C12H20N2. The van der Waals surface area contributed by atoms with Crippen LogP contribution in [-0.4, -0.2) is 6.04 Å². The van der Waals surface area contributed by atoms with Crippen LogP contribution in [0.25, 0.3) is 0 Å². The molecule has 1 aromatic rings. The molecule has 1 rings (SSSR count). The summed E-state index contributed by atoms with van der Waals surface area (Å²) in [5, 5.41) is 0. The van der Waals surface area contributed by atoms with Gasteiger partial charge in [-0.05, 0) is 17.9 Å². The molecule has 2 heteroatoms. The van der Waals surface area contributed by atoms with Gasteiger partial charge in [-0.3, -0.25) is 0 Å². The van der Waals surface area contributed by atoms with E-state index in [-0.39, 0.29) is 12.1 Å². The van der Waals surface area contributed by atoms with Gasteiger partial charge in [-0.2, -0.15) is 0 Å². The van der Waals surface area contributed by atoms with E-state index < -0.39 is 0 Å². The molecule has 1 aromatic carbocycles. The Morgan fingerprint density at radius 2 is 1.64 bits per heavy atom. The van der Waals surface area contributed by atoms with Crippen LogP contribution in [0.3, 0.4) is 0 Å². The lowest BCUT2D eigenvalue weighted by Crippen LogP contribution is -2.35. The van der Waals surface area contributed by atoms with Gasteiger partial charge in [0, 0.05) is 12.1 Å². The summed E-state index contributed by atoms with van der Waals surface area (Å²) in [5.41, 5.74) is 13.2. The molecule has 0 saturated heterocycles. The SMILES string of the molecule is CC(C)CC(N)C(N)c1ccccc1. The van der Waals surface area contributed by atoms with Crippen LogP contribution in [0.15, 0.2) is 30.3 Å². The summed E-state index contributed by atoms with van der Waals surface area (Å²) in [4.78, 5) is 0. The zero-order chi connectivity index (χ0) is 10.6. The summed E-state index contributed by atoms with van der Waals surface area (Å²) in [6, 6.07) is 10.1. The van der Waals surface area contributed by atoms with E-state index in [0.29, 0.717) is 5.92 Å². The molecule has 14 heavy (non-hydrogen) atoms. The Kier molecular flexibility index (Phi) is 4.11. The van der Waals surface area contributed by atoms with Gasteiger partial charge in [0.2, 0.25) is 0 Å². The fraction of sp³-hybridized carbons (Fsp3) is 0.500. The molecule has 0 aliphatic carbocycles. The minimum absolute atomic E-state index is 0.0430. The second-order valence-corrected chi connectivity index (χ2v) is 4.23. The average molecular weight is 192 g/mol. The molecule has 4 N–H and O–H groups in total. The van der Waals surface area contributed by atoms with Crippen molar-refractivity contribution in [1.29, 1.82) is 0 Å². The molecule has 0 aromatic heterocycles. The van der Waals surface area contributed by atoms with Crippen LogP contribution < -0.4 is 11.5 Å². The minimum Gasteiger partial charge on any atom is -0.326 e. The van der Waals surface area contributed by atoms with Crippen LogP contribution in [-0.2, 0) is 0 Å². The highest BCUT2D eigenvalue weighted by Gasteiger charge is 2.15. The minimum atomic E-state index is -0.0430. The smallest absolute Gasteiger partial charge is 0.0448 e. The molecule has 78 valence electrons. The Bertz CT molecular complexity index is 256.